The van der Waals surface area contributed by atoms with E-state index >= 15 is 0 Å². The molecule has 122 valence electrons. The van der Waals surface area contributed by atoms with Gasteiger partial charge in [-0.1, -0.05) is 0 Å². The highest BCUT2D eigenvalue weighted by molar-refractivity contribution is 7.18. The fourth-order valence-electron chi connectivity index (χ4n) is 3.84. The van der Waals surface area contributed by atoms with Crippen molar-refractivity contribution in [3.05, 3.63) is 27.1 Å². The van der Waals surface area contributed by atoms with Gasteiger partial charge in [-0.3, -0.25) is 14.2 Å². The van der Waals surface area contributed by atoms with E-state index in [0.717, 1.165) is 48.9 Å². The Morgan fingerprint density at radius 1 is 1.35 bits per heavy atom. The summed E-state index contributed by atoms with van der Waals surface area (Å²) in [6.45, 7) is 3.00. The van der Waals surface area contributed by atoms with Crippen LogP contribution in [0.15, 0.2) is 11.1 Å². The van der Waals surface area contributed by atoms with Gasteiger partial charge in [0.15, 0.2) is 0 Å². The molecule has 5 nitrogen and oxygen atoms in total. The zero-order valence-electron chi connectivity index (χ0n) is 13.4. The molecule has 0 unspecified atom stereocenters. The van der Waals surface area contributed by atoms with Crippen molar-refractivity contribution in [3.8, 4) is 0 Å². The molecule has 2 aliphatic rings. The van der Waals surface area contributed by atoms with Crippen molar-refractivity contribution >= 4 is 27.5 Å². The van der Waals surface area contributed by atoms with Crippen molar-refractivity contribution in [2.75, 3.05) is 6.54 Å². The van der Waals surface area contributed by atoms with Gasteiger partial charge < -0.3 is 4.90 Å². The summed E-state index contributed by atoms with van der Waals surface area (Å²) in [5.41, 5.74) is 1.13. The molecule has 1 aliphatic heterocycles. The van der Waals surface area contributed by atoms with E-state index in [1.54, 1.807) is 17.7 Å². The molecular formula is C17H21N3O2S. The SMILES string of the molecule is C[C@H]1CCCCN1C(=O)Cn1cnc2sc3c(c2c1=O)CCC3. The highest BCUT2D eigenvalue weighted by atomic mass is 32.1. The molecule has 2 aromatic heterocycles. The molecule has 1 saturated heterocycles. The van der Waals surface area contributed by atoms with Crippen molar-refractivity contribution in [2.45, 2.75) is 58.0 Å². The summed E-state index contributed by atoms with van der Waals surface area (Å²) in [5, 5.41) is 0.754. The minimum Gasteiger partial charge on any atom is -0.338 e. The first-order chi connectivity index (χ1) is 11.1. The lowest BCUT2D eigenvalue weighted by molar-refractivity contribution is -0.135. The van der Waals surface area contributed by atoms with Gasteiger partial charge in [0.1, 0.15) is 11.4 Å². The van der Waals surface area contributed by atoms with Gasteiger partial charge in [0.2, 0.25) is 5.91 Å². The highest BCUT2D eigenvalue weighted by Crippen LogP contribution is 2.34. The van der Waals surface area contributed by atoms with Gasteiger partial charge in [-0.25, -0.2) is 4.98 Å². The highest BCUT2D eigenvalue weighted by Gasteiger charge is 2.25. The number of carbonyl (C=O) groups excluding carboxylic acids is 1. The Kier molecular flexibility index (Phi) is 3.71. The molecule has 0 bridgehead atoms. The van der Waals surface area contributed by atoms with Crippen LogP contribution in [0.3, 0.4) is 0 Å². The molecule has 2 aromatic rings. The molecule has 1 amide bonds. The second kappa shape index (κ2) is 5.74. The lowest BCUT2D eigenvalue weighted by atomic mass is 10.0. The van der Waals surface area contributed by atoms with Crippen LogP contribution in [0.1, 0.15) is 43.0 Å². The van der Waals surface area contributed by atoms with Gasteiger partial charge >= 0.3 is 0 Å². The molecule has 0 spiro atoms. The average Bonchev–Trinajstić information content (AvgIpc) is 3.11. The number of hydrogen-bond donors (Lipinski definition) is 0. The zero-order chi connectivity index (χ0) is 16.0. The summed E-state index contributed by atoms with van der Waals surface area (Å²) in [5.74, 6) is 0.0346. The summed E-state index contributed by atoms with van der Waals surface area (Å²) < 4.78 is 1.50. The Bertz CT molecular complexity index is 823. The molecule has 0 N–H and O–H groups in total. The normalized spacial score (nSPS) is 20.9. The molecule has 23 heavy (non-hydrogen) atoms. The minimum absolute atomic E-state index is 0.0346. The van der Waals surface area contributed by atoms with Gasteiger partial charge in [0.25, 0.3) is 5.56 Å². The van der Waals surface area contributed by atoms with Gasteiger partial charge in [-0.05, 0) is 51.0 Å². The van der Waals surface area contributed by atoms with Crippen molar-refractivity contribution < 1.29 is 4.79 Å². The van der Waals surface area contributed by atoms with Crippen LogP contribution in [0, 0.1) is 0 Å². The molecule has 1 fully saturated rings. The third-order valence-corrected chi connectivity index (χ3v) is 6.32. The van der Waals surface area contributed by atoms with Crippen LogP contribution in [0.5, 0.6) is 0 Å². The Balaban J connectivity index is 1.65. The van der Waals surface area contributed by atoms with E-state index in [0.29, 0.717) is 0 Å². The van der Waals surface area contributed by atoms with Gasteiger partial charge in [-0.15, -0.1) is 11.3 Å². The van der Waals surface area contributed by atoms with Crippen molar-refractivity contribution in [3.63, 3.8) is 0 Å². The second-order valence-electron chi connectivity index (χ2n) is 6.65. The van der Waals surface area contributed by atoms with Crippen LogP contribution in [0.4, 0.5) is 0 Å². The largest absolute Gasteiger partial charge is 0.338 e. The molecule has 1 aliphatic carbocycles. The van der Waals surface area contributed by atoms with Gasteiger partial charge in [0.05, 0.1) is 11.7 Å². The lowest BCUT2D eigenvalue weighted by Crippen LogP contribution is -2.44. The third-order valence-electron chi connectivity index (χ3n) is 5.12. The quantitative estimate of drug-likeness (QED) is 0.849. The smallest absolute Gasteiger partial charge is 0.262 e. The van der Waals surface area contributed by atoms with Crippen LogP contribution >= 0.6 is 11.3 Å². The molecular weight excluding hydrogens is 310 g/mol. The number of thiophene rings is 1. The van der Waals surface area contributed by atoms with Crippen molar-refractivity contribution in [1.82, 2.24) is 14.5 Å². The maximum absolute atomic E-state index is 12.8. The summed E-state index contributed by atoms with van der Waals surface area (Å²) in [4.78, 5) is 33.9. The fourth-order valence-corrected chi connectivity index (χ4v) is 5.06. The number of aromatic nitrogens is 2. The van der Waals surface area contributed by atoms with E-state index < -0.39 is 0 Å². The Morgan fingerprint density at radius 2 is 2.22 bits per heavy atom. The fraction of sp³-hybridized carbons (Fsp3) is 0.588. The molecule has 0 saturated carbocycles. The molecule has 4 rings (SSSR count). The summed E-state index contributed by atoms with van der Waals surface area (Å²) >= 11 is 1.64. The molecule has 1 atom stereocenters. The first kappa shape index (κ1) is 14.9. The number of nitrogens with zero attached hydrogens (tertiary/aromatic N) is 3. The van der Waals surface area contributed by atoms with E-state index in [4.69, 9.17) is 0 Å². The minimum atomic E-state index is -0.0487. The number of rotatable bonds is 2. The lowest BCUT2D eigenvalue weighted by Gasteiger charge is -2.33. The van der Waals surface area contributed by atoms with E-state index in [1.807, 2.05) is 4.90 Å². The monoisotopic (exact) mass is 331 g/mol. The van der Waals surface area contributed by atoms with E-state index in [2.05, 4.69) is 11.9 Å². The number of carbonyl (C=O) groups is 1. The first-order valence-corrected chi connectivity index (χ1v) is 9.26. The maximum Gasteiger partial charge on any atom is 0.262 e. The van der Waals surface area contributed by atoms with Crippen LogP contribution < -0.4 is 5.56 Å². The average molecular weight is 331 g/mol. The second-order valence-corrected chi connectivity index (χ2v) is 7.73. The van der Waals surface area contributed by atoms with Gasteiger partial charge in [-0.2, -0.15) is 0 Å². The standard InChI is InChI=1S/C17H21N3O2S/c1-11-5-2-3-8-20(11)14(21)9-19-10-18-16-15(17(19)22)12-6-4-7-13(12)23-16/h10-11H,2-9H2,1H3/t11-/m0/s1. The predicted molar refractivity (Wildman–Crippen MR) is 90.9 cm³/mol. The molecule has 3 heterocycles. The third kappa shape index (κ3) is 2.49. The number of piperidine rings is 1. The Hall–Kier alpha value is -1.69. The summed E-state index contributed by atoms with van der Waals surface area (Å²) in [7, 11) is 0. The topological polar surface area (TPSA) is 55.2 Å². The number of fused-ring (bicyclic) bond motifs is 3. The summed E-state index contributed by atoms with van der Waals surface area (Å²) in [6.07, 6.45) is 7.97. The Labute approximate surface area is 138 Å². The van der Waals surface area contributed by atoms with Crippen LogP contribution in [0.25, 0.3) is 10.2 Å². The van der Waals surface area contributed by atoms with E-state index in [9.17, 15) is 9.59 Å². The van der Waals surface area contributed by atoms with Crippen LogP contribution in [-0.4, -0.2) is 32.9 Å². The number of aryl methyl sites for hydroxylation is 2. The first-order valence-electron chi connectivity index (χ1n) is 8.44. The van der Waals surface area contributed by atoms with Gasteiger partial charge in [0, 0.05) is 17.5 Å². The van der Waals surface area contributed by atoms with Crippen molar-refractivity contribution in [2.24, 2.45) is 0 Å². The summed E-state index contributed by atoms with van der Waals surface area (Å²) in [6, 6.07) is 0.272. The van der Waals surface area contributed by atoms with E-state index in [-0.39, 0.29) is 24.1 Å². The zero-order valence-corrected chi connectivity index (χ0v) is 14.2. The number of likely N-dealkylation sites (tertiary alicyclic amines) is 1. The number of hydrogen-bond acceptors (Lipinski definition) is 4. The molecule has 6 heteroatoms. The number of amides is 1. The maximum atomic E-state index is 12.8. The Morgan fingerprint density at radius 3 is 3.04 bits per heavy atom. The van der Waals surface area contributed by atoms with E-state index in [1.165, 1.54) is 21.4 Å². The molecule has 0 radical (unpaired) electrons. The molecule has 0 aromatic carbocycles. The van der Waals surface area contributed by atoms with Crippen LogP contribution in [0.2, 0.25) is 0 Å². The van der Waals surface area contributed by atoms with Crippen molar-refractivity contribution in [1.29, 1.82) is 0 Å². The van der Waals surface area contributed by atoms with Crippen LogP contribution in [-0.2, 0) is 24.2 Å². The predicted octanol–water partition coefficient (Wildman–Crippen LogP) is 2.35.